The first kappa shape index (κ1) is 9.58. The van der Waals surface area contributed by atoms with E-state index in [1.165, 1.54) is 0 Å². The van der Waals surface area contributed by atoms with Crippen LogP contribution in [0, 0.1) is 6.92 Å². The van der Waals surface area contributed by atoms with E-state index in [2.05, 4.69) is 5.32 Å². The van der Waals surface area contributed by atoms with E-state index in [9.17, 15) is 9.90 Å². The first-order valence-corrected chi connectivity index (χ1v) is 4.13. The van der Waals surface area contributed by atoms with Gasteiger partial charge in [-0.1, -0.05) is 17.7 Å². The summed E-state index contributed by atoms with van der Waals surface area (Å²) >= 11 is 0. The molecule has 0 fully saturated rings. The van der Waals surface area contributed by atoms with Crippen molar-refractivity contribution in [3.05, 3.63) is 29.8 Å². The molecule has 0 radical (unpaired) electrons. The second-order valence-corrected chi connectivity index (χ2v) is 3.05. The molecule has 1 rings (SSSR count). The topological polar surface area (TPSA) is 52.2 Å². The molecule has 1 aromatic carbocycles. The lowest BCUT2D eigenvalue weighted by Crippen LogP contribution is -2.38. The molecule has 0 saturated carbocycles. The zero-order chi connectivity index (χ0) is 9.84. The first-order valence-electron chi connectivity index (χ1n) is 4.13. The number of carboxylic acids is 1. The van der Waals surface area contributed by atoms with Crippen LogP contribution in [0.2, 0.25) is 0 Å². The Hall–Kier alpha value is -1.51. The minimum absolute atomic E-state index is 0.664. The number of carbonyl (C=O) groups excluding carboxylic acids is 1. The smallest absolute Gasteiger partial charge is 0.0634 e. The van der Waals surface area contributed by atoms with Gasteiger partial charge in [-0.2, -0.15) is 0 Å². The molecule has 0 heterocycles. The lowest BCUT2D eigenvalue weighted by Gasteiger charge is -2.15. The van der Waals surface area contributed by atoms with Crippen molar-refractivity contribution in [3.8, 4) is 0 Å². The predicted molar refractivity (Wildman–Crippen MR) is 49.3 cm³/mol. The number of aliphatic carboxylic acids is 1. The van der Waals surface area contributed by atoms with Crippen LogP contribution in [0.1, 0.15) is 12.5 Å². The average Bonchev–Trinajstić information content (AvgIpc) is 2.08. The highest BCUT2D eigenvalue weighted by Gasteiger charge is 2.00. The van der Waals surface area contributed by atoms with Gasteiger partial charge in [0.1, 0.15) is 0 Å². The van der Waals surface area contributed by atoms with Crippen LogP contribution in [0.5, 0.6) is 0 Å². The molecule has 1 N–H and O–H groups in total. The van der Waals surface area contributed by atoms with Crippen LogP contribution < -0.4 is 10.4 Å². The van der Waals surface area contributed by atoms with E-state index in [1.807, 2.05) is 31.2 Å². The van der Waals surface area contributed by atoms with Gasteiger partial charge in [-0.25, -0.2) is 0 Å². The highest BCUT2D eigenvalue weighted by atomic mass is 16.4. The Morgan fingerprint density at radius 2 is 1.92 bits per heavy atom. The second kappa shape index (κ2) is 3.94. The Kier molecular flexibility index (Phi) is 2.90. The van der Waals surface area contributed by atoms with Crippen molar-refractivity contribution in [2.45, 2.75) is 19.9 Å². The Bertz CT molecular complexity index is 292. The number of benzene rings is 1. The molecule has 0 aliphatic rings. The molecule has 0 spiro atoms. The molecule has 1 aromatic rings. The molecule has 0 unspecified atom stereocenters. The third-order valence-electron chi connectivity index (χ3n) is 1.79. The van der Waals surface area contributed by atoms with Crippen LogP contribution >= 0.6 is 0 Å². The summed E-state index contributed by atoms with van der Waals surface area (Å²) < 4.78 is 0. The van der Waals surface area contributed by atoms with Gasteiger partial charge in [0.2, 0.25) is 0 Å². The average molecular weight is 178 g/mol. The van der Waals surface area contributed by atoms with E-state index in [4.69, 9.17) is 0 Å². The SMILES string of the molecule is Cc1ccc(N[C@H](C)C(=O)[O-])cc1. The van der Waals surface area contributed by atoms with Crippen molar-refractivity contribution in [2.24, 2.45) is 0 Å². The van der Waals surface area contributed by atoms with Crippen molar-refractivity contribution < 1.29 is 9.90 Å². The molecule has 1 atom stereocenters. The largest absolute Gasteiger partial charge is 0.548 e. The van der Waals surface area contributed by atoms with Gasteiger partial charge in [0.05, 0.1) is 12.0 Å². The quantitative estimate of drug-likeness (QED) is 0.735. The highest BCUT2D eigenvalue weighted by molar-refractivity contribution is 5.74. The van der Waals surface area contributed by atoms with Crippen molar-refractivity contribution in [2.75, 3.05) is 5.32 Å². The van der Waals surface area contributed by atoms with Gasteiger partial charge < -0.3 is 15.2 Å². The number of anilines is 1. The minimum Gasteiger partial charge on any atom is -0.548 e. The number of nitrogens with one attached hydrogen (secondary N) is 1. The summed E-state index contributed by atoms with van der Waals surface area (Å²) in [5.74, 6) is -1.10. The molecule has 3 heteroatoms. The Balaban J connectivity index is 2.64. The summed E-state index contributed by atoms with van der Waals surface area (Å²) in [5.41, 5.74) is 1.94. The molecule has 70 valence electrons. The van der Waals surface area contributed by atoms with Crippen LogP contribution in [-0.4, -0.2) is 12.0 Å². The first-order chi connectivity index (χ1) is 6.09. The Morgan fingerprint density at radius 1 is 1.38 bits per heavy atom. The highest BCUT2D eigenvalue weighted by Crippen LogP contribution is 2.09. The van der Waals surface area contributed by atoms with Gasteiger partial charge in [-0.3, -0.25) is 0 Å². The van der Waals surface area contributed by atoms with E-state index in [1.54, 1.807) is 6.92 Å². The second-order valence-electron chi connectivity index (χ2n) is 3.05. The van der Waals surface area contributed by atoms with E-state index in [0.29, 0.717) is 0 Å². The summed E-state index contributed by atoms with van der Waals surface area (Å²) in [6, 6.07) is 6.86. The summed E-state index contributed by atoms with van der Waals surface area (Å²) in [4.78, 5) is 10.4. The van der Waals surface area contributed by atoms with Crippen molar-refractivity contribution in [3.63, 3.8) is 0 Å². The monoisotopic (exact) mass is 178 g/mol. The van der Waals surface area contributed by atoms with Crippen LogP contribution in [-0.2, 0) is 4.79 Å². The van der Waals surface area contributed by atoms with Gasteiger partial charge in [-0.15, -0.1) is 0 Å². The number of rotatable bonds is 3. The maximum atomic E-state index is 10.4. The number of hydrogen-bond donors (Lipinski definition) is 1. The Morgan fingerprint density at radius 3 is 2.38 bits per heavy atom. The van der Waals surface area contributed by atoms with E-state index in [-0.39, 0.29) is 0 Å². The van der Waals surface area contributed by atoms with Crippen LogP contribution in [0.4, 0.5) is 5.69 Å². The summed E-state index contributed by atoms with van der Waals surface area (Å²) in [5, 5.41) is 13.2. The number of carbonyl (C=O) groups is 1. The molecule has 0 bridgehead atoms. The number of carboxylic acid groups (broad SMARTS) is 1. The van der Waals surface area contributed by atoms with Gasteiger partial charge in [0, 0.05) is 5.69 Å². The third-order valence-corrected chi connectivity index (χ3v) is 1.79. The molecule has 3 nitrogen and oxygen atoms in total. The zero-order valence-electron chi connectivity index (χ0n) is 7.70. The van der Waals surface area contributed by atoms with E-state index < -0.39 is 12.0 Å². The van der Waals surface area contributed by atoms with Crippen molar-refractivity contribution >= 4 is 11.7 Å². The number of hydrogen-bond acceptors (Lipinski definition) is 3. The third kappa shape index (κ3) is 2.78. The summed E-state index contributed by atoms with van der Waals surface area (Å²) in [6.45, 7) is 3.53. The molecule has 13 heavy (non-hydrogen) atoms. The molecular formula is C10H12NO2-. The maximum Gasteiger partial charge on any atom is 0.0634 e. The fourth-order valence-corrected chi connectivity index (χ4v) is 0.959. The van der Waals surface area contributed by atoms with Crippen LogP contribution in [0.15, 0.2) is 24.3 Å². The molecule has 0 saturated heterocycles. The van der Waals surface area contributed by atoms with Gasteiger partial charge in [0.15, 0.2) is 0 Å². The van der Waals surface area contributed by atoms with Gasteiger partial charge in [0.25, 0.3) is 0 Å². The lowest BCUT2D eigenvalue weighted by atomic mass is 10.2. The fraction of sp³-hybridized carbons (Fsp3) is 0.300. The van der Waals surface area contributed by atoms with E-state index in [0.717, 1.165) is 11.3 Å². The number of aryl methyl sites for hydroxylation is 1. The fourth-order valence-electron chi connectivity index (χ4n) is 0.959. The minimum atomic E-state index is -1.10. The Labute approximate surface area is 77.4 Å². The summed E-state index contributed by atoms with van der Waals surface area (Å²) in [7, 11) is 0. The molecule has 0 aliphatic carbocycles. The standard InChI is InChI=1S/C10H13NO2/c1-7-3-5-9(6-4-7)11-8(2)10(12)13/h3-6,8,11H,1-2H3,(H,12,13)/p-1/t8-/m1/s1. The van der Waals surface area contributed by atoms with Crippen LogP contribution in [0.25, 0.3) is 0 Å². The summed E-state index contributed by atoms with van der Waals surface area (Å²) in [6.07, 6.45) is 0. The van der Waals surface area contributed by atoms with Crippen LogP contribution in [0.3, 0.4) is 0 Å². The zero-order valence-corrected chi connectivity index (χ0v) is 7.70. The van der Waals surface area contributed by atoms with Gasteiger partial charge in [-0.05, 0) is 26.0 Å². The molecule has 0 aliphatic heterocycles. The van der Waals surface area contributed by atoms with Gasteiger partial charge >= 0.3 is 0 Å². The normalized spacial score (nSPS) is 12.2. The molecular weight excluding hydrogens is 166 g/mol. The molecule has 0 amide bonds. The van der Waals surface area contributed by atoms with Crippen molar-refractivity contribution in [1.29, 1.82) is 0 Å². The lowest BCUT2D eigenvalue weighted by molar-refractivity contribution is -0.306. The predicted octanol–water partition coefficient (Wildman–Crippen LogP) is 0.545. The van der Waals surface area contributed by atoms with Crippen molar-refractivity contribution in [1.82, 2.24) is 0 Å². The van der Waals surface area contributed by atoms with E-state index >= 15 is 0 Å². The maximum absolute atomic E-state index is 10.4. The molecule has 0 aromatic heterocycles.